The minimum absolute atomic E-state index is 0.292. The summed E-state index contributed by atoms with van der Waals surface area (Å²) in [6, 6.07) is 1.11. The van der Waals surface area contributed by atoms with Gasteiger partial charge in [0.05, 0.1) is 0 Å². The lowest BCUT2D eigenvalue weighted by Gasteiger charge is -2.27. The molecule has 1 aliphatic rings. The van der Waals surface area contributed by atoms with E-state index in [1.165, 1.54) is 19.3 Å². The molecule has 1 saturated heterocycles. The lowest BCUT2D eigenvalue weighted by Crippen LogP contribution is -2.42. The van der Waals surface area contributed by atoms with Gasteiger partial charge in [-0.3, -0.25) is 0 Å². The van der Waals surface area contributed by atoms with Crippen molar-refractivity contribution in [3.63, 3.8) is 0 Å². The third kappa shape index (κ3) is 4.96. The molecule has 2 unspecified atom stereocenters. The Hall–Kier alpha value is -0.120. The molecule has 0 bridgehead atoms. The summed E-state index contributed by atoms with van der Waals surface area (Å²) in [5.74, 6) is 0.605. The maximum atomic E-state index is 9.02. The fraction of sp³-hybridized carbons (Fsp3) is 1.00. The number of aliphatic hydroxyl groups is 1. The van der Waals surface area contributed by atoms with E-state index >= 15 is 0 Å². The number of hydrogen-bond donors (Lipinski definition) is 3. The molecule has 0 amide bonds. The van der Waals surface area contributed by atoms with Gasteiger partial charge in [-0.05, 0) is 44.7 Å². The maximum absolute atomic E-state index is 9.02. The monoisotopic (exact) mass is 214 g/mol. The van der Waals surface area contributed by atoms with E-state index in [0.29, 0.717) is 24.6 Å². The normalized spacial score (nSPS) is 25.2. The van der Waals surface area contributed by atoms with E-state index in [4.69, 9.17) is 5.11 Å². The van der Waals surface area contributed by atoms with E-state index in [-0.39, 0.29) is 0 Å². The zero-order chi connectivity index (χ0) is 11.1. The first-order valence-electron chi connectivity index (χ1n) is 6.31. The van der Waals surface area contributed by atoms with Crippen LogP contribution in [0.3, 0.4) is 0 Å². The summed E-state index contributed by atoms with van der Waals surface area (Å²) in [5, 5.41) is 16.1. The zero-order valence-corrected chi connectivity index (χ0v) is 10.1. The van der Waals surface area contributed by atoms with Gasteiger partial charge >= 0.3 is 0 Å². The predicted molar refractivity (Wildman–Crippen MR) is 64.0 cm³/mol. The van der Waals surface area contributed by atoms with Crippen molar-refractivity contribution in [2.24, 2.45) is 5.92 Å². The van der Waals surface area contributed by atoms with Crippen LogP contribution in [0.2, 0.25) is 0 Å². The largest absolute Gasteiger partial charge is 0.396 e. The molecule has 0 aromatic carbocycles. The van der Waals surface area contributed by atoms with Crippen LogP contribution in [0, 0.1) is 5.92 Å². The van der Waals surface area contributed by atoms with Gasteiger partial charge in [0, 0.05) is 18.7 Å². The Bertz CT molecular complexity index is 154. The van der Waals surface area contributed by atoms with E-state index in [1.807, 2.05) is 0 Å². The molecule has 0 aliphatic carbocycles. The van der Waals surface area contributed by atoms with E-state index in [9.17, 15) is 0 Å². The first-order chi connectivity index (χ1) is 7.24. The van der Waals surface area contributed by atoms with Crippen molar-refractivity contribution in [1.82, 2.24) is 10.6 Å². The summed E-state index contributed by atoms with van der Waals surface area (Å²) in [4.78, 5) is 0. The summed E-state index contributed by atoms with van der Waals surface area (Å²) in [6.07, 6.45) is 4.62. The zero-order valence-electron chi connectivity index (χ0n) is 10.1. The predicted octanol–water partition coefficient (Wildman–Crippen LogP) is 1.13. The quantitative estimate of drug-likeness (QED) is 0.643. The summed E-state index contributed by atoms with van der Waals surface area (Å²) >= 11 is 0. The van der Waals surface area contributed by atoms with Crippen LogP contribution in [0.25, 0.3) is 0 Å². The SMILES string of the molecule is CC(C)C(CCO)NC1CCCNCC1. The molecule has 3 nitrogen and oxygen atoms in total. The Morgan fingerprint density at radius 3 is 2.80 bits per heavy atom. The molecule has 15 heavy (non-hydrogen) atoms. The van der Waals surface area contributed by atoms with Crippen LogP contribution in [0.5, 0.6) is 0 Å². The Labute approximate surface area is 93.6 Å². The van der Waals surface area contributed by atoms with Crippen molar-refractivity contribution < 1.29 is 5.11 Å². The van der Waals surface area contributed by atoms with Gasteiger partial charge in [0.15, 0.2) is 0 Å². The number of nitrogens with one attached hydrogen (secondary N) is 2. The summed E-state index contributed by atoms with van der Waals surface area (Å²) in [5.41, 5.74) is 0. The van der Waals surface area contributed by atoms with E-state index < -0.39 is 0 Å². The van der Waals surface area contributed by atoms with Crippen LogP contribution >= 0.6 is 0 Å². The average Bonchev–Trinajstić information content (AvgIpc) is 2.45. The topological polar surface area (TPSA) is 44.3 Å². The highest BCUT2D eigenvalue weighted by molar-refractivity contribution is 4.79. The molecule has 0 saturated carbocycles. The summed E-state index contributed by atoms with van der Waals surface area (Å²) in [7, 11) is 0. The minimum atomic E-state index is 0.292. The van der Waals surface area contributed by atoms with Crippen molar-refractivity contribution in [3.05, 3.63) is 0 Å². The van der Waals surface area contributed by atoms with Gasteiger partial charge in [0.1, 0.15) is 0 Å². The molecule has 1 fully saturated rings. The Kier molecular flexibility index (Phi) is 6.22. The second kappa shape index (κ2) is 7.20. The molecular weight excluding hydrogens is 188 g/mol. The molecule has 3 heteroatoms. The fourth-order valence-electron chi connectivity index (χ4n) is 2.24. The second-order valence-electron chi connectivity index (χ2n) is 4.91. The lowest BCUT2D eigenvalue weighted by atomic mass is 9.98. The molecule has 1 heterocycles. The standard InChI is InChI=1S/C12H26N2O/c1-10(2)12(6-9-15)14-11-4-3-7-13-8-5-11/h10-15H,3-9H2,1-2H3. The molecule has 90 valence electrons. The number of rotatable bonds is 5. The van der Waals surface area contributed by atoms with Crippen LogP contribution in [0.15, 0.2) is 0 Å². The molecule has 0 aromatic rings. The Morgan fingerprint density at radius 2 is 2.13 bits per heavy atom. The van der Waals surface area contributed by atoms with Crippen molar-refractivity contribution >= 4 is 0 Å². The highest BCUT2D eigenvalue weighted by Gasteiger charge is 2.18. The third-order valence-electron chi connectivity index (χ3n) is 3.27. The van der Waals surface area contributed by atoms with Crippen LogP contribution in [-0.4, -0.2) is 36.9 Å². The van der Waals surface area contributed by atoms with E-state index in [0.717, 1.165) is 19.5 Å². The Balaban J connectivity index is 2.34. The molecule has 0 aromatic heterocycles. The van der Waals surface area contributed by atoms with Crippen LogP contribution in [-0.2, 0) is 0 Å². The van der Waals surface area contributed by atoms with Crippen molar-refractivity contribution in [3.8, 4) is 0 Å². The van der Waals surface area contributed by atoms with Crippen molar-refractivity contribution in [2.75, 3.05) is 19.7 Å². The van der Waals surface area contributed by atoms with Crippen LogP contribution in [0.4, 0.5) is 0 Å². The highest BCUT2D eigenvalue weighted by atomic mass is 16.3. The van der Waals surface area contributed by atoms with Gasteiger partial charge in [-0.25, -0.2) is 0 Å². The van der Waals surface area contributed by atoms with Crippen LogP contribution in [0.1, 0.15) is 39.5 Å². The first kappa shape index (κ1) is 12.9. The molecule has 2 atom stereocenters. The van der Waals surface area contributed by atoms with Gasteiger partial charge in [-0.1, -0.05) is 13.8 Å². The van der Waals surface area contributed by atoms with Crippen molar-refractivity contribution in [1.29, 1.82) is 0 Å². The van der Waals surface area contributed by atoms with Crippen molar-refractivity contribution in [2.45, 2.75) is 51.6 Å². The van der Waals surface area contributed by atoms with E-state index in [2.05, 4.69) is 24.5 Å². The van der Waals surface area contributed by atoms with Gasteiger partial charge in [0.2, 0.25) is 0 Å². The van der Waals surface area contributed by atoms with Gasteiger partial charge in [-0.2, -0.15) is 0 Å². The minimum Gasteiger partial charge on any atom is -0.396 e. The fourth-order valence-corrected chi connectivity index (χ4v) is 2.24. The summed E-state index contributed by atoms with van der Waals surface area (Å²) in [6.45, 7) is 7.03. The number of hydrogen-bond acceptors (Lipinski definition) is 3. The Morgan fingerprint density at radius 1 is 1.33 bits per heavy atom. The van der Waals surface area contributed by atoms with Crippen LogP contribution < -0.4 is 10.6 Å². The molecular formula is C12H26N2O. The van der Waals surface area contributed by atoms with E-state index in [1.54, 1.807) is 0 Å². The maximum Gasteiger partial charge on any atom is 0.0445 e. The summed E-state index contributed by atoms with van der Waals surface area (Å²) < 4.78 is 0. The van der Waals surface area contributed by atoms with Gasteiger partial charge in [-0.15, -0.1) is 0 Å². The lowest BCUT2D eigenvalue weighted by molar-refractivity contribution is 0.231. The molecule has 3 N–H and O–H groups in total. The van der Waals surface area contributed by atoms with Gasteiger partial charge in [0.25, 0.3) is 0 Å². The highest BCUT2D eigenvalue weighted by Crippen LogP contribution is 2.11. The molecule has 0 radical (unpaired) electrons. The second-order valence-corrected chi connectivity index (χ2v) is 4.91. The molecule has 1 aliphatic heterocycles. The first-order valence-corrected chi connectivity index (χ1v) is 6.31. The molecule has 1 rings (SSSR count). The smallest absolute Gasteiger partial charge is 0.0445 e. The average molecular weight is 214 g/mol. The molecule has 0 spiro atoms. The van der Waals surface area contributed by atoms with Gasteiger partial charge < -0.3 is 15.7 Å². The number of aliphatic hydroxyl groups excluding tert-OH is 1. The third-order valence-corrected chi connectivity index (χ3v) is 3.27.